The highest BCUT2D eigenvalue weighted by atomic mass is 16.5. The van der Waals surface area contributed by atoms with Crippen molar-refractivity contribution in [2.45, 2.75) is 30.9 Å². The van der Waals surface area contributed by atoms with Crippen LogP contribution in [-0.2, 0) is 9.53 Å². The molecule has 4 aliphatic rings. The third-order valence-electron chi connectivity index (χ3n) is 7.88. The van der Waals surface area contributed by atoms with E-state index in [1.807, 2.05) is 42.5 Å². The van der Waals surface area contributed by atoms with Crippen molar-refractivity contribution in [3.05, 3.63) is 95.9 Å². The number of carbonyl (C=O) groups is 1. The van der Waals surface area contributed by atoms with E-state index >= 15 is 0 Å². The van der Waals surface area contributed by atoms with Gasteiger partial charge in [0.25, 0.3) is 0 Å². The molecule has 1 aliphatic carbocycles. The number of carbonyl (C=O) groups excluding carboxylic acids is 1. The number of piperidine rings is 1. The Hall–Kier alpha value is -3.68. The number of aromatic nitrogens is 1. The minimum Gasteiger partial charge on any atom is -0.438 e. The number of amides is 1. The number of hydrogen-bond donors (Lipinski definition) is 1. The van der Waals surface area contributed by atoms with Gasteiger partial charge in [0, 0.05) is 49.8 Å². The number of allylic oxidation sites excluding steroid dienone is 4. The molecule has 1 unspecified atom stereocenters. The van der Waals surface area contributed by atoms with Crippen LogP contribution in [0.3, 0.4) is 0 Å². The quantitative estimate of drug-likeness (QED) is 0.673. The zero-order chi connectivity index (χ0) is 25.2. The van der Waals surface area contributed by atoms with Gasteiger partial charge in [-0.3, -0.25) is 4.79 Å². The Morgan fingerprint density at radius 2 is 2.03 bits per heavy atom. The molecule has 6 rings (SSSR count). The van der Waals surface area contributed by atoms with Gasteiger partial charge in [0.1, 0.15) is 17.4 Å². The molecule has 2 saturated heterocycles. The van der Waals surface area contributed by atoms with Gasteiger partial charge >= 0.3 is 0 Å². The molecule has 1 atom stereocenters. The smallest absolute Gasteiger partial charge is 0.247 e. The van der Waals surface area contributed by atoms with Crippen LogP contribution >= 0.6 is 0 Å². The second-order valence-corrected chi connectivity index (χ2v) is 9.88. The van der Waals surface area contributed by atoms with Gasteiger partial charge in [-0.05, 0) is 61.3 Å². The van der Waals surface area contributed by atoms with Gasteiger partial charge in [-0.1, -0.05) is 36.4 Å². The van der Waals surface area contributed by atoms with Crippen molar-refractivity contribution >= 4 is 17.2 Å². The molecule has 1 aromatic carbocycles. The predicted molar refractivity (Wildman–Crippen MR) is 144 cm³/mol. The first-order chi connectivity index (χ1) is 18.2. The second-order valence-electron chi connectivity index (χ2n) is 9.88. The summed E-state index contributed by atoms with van der Waals surface area (Å²) >= 11 is 0. The molecule has 0 bridgehead atoms. The Morgan fingerprint density at radius 3 is 2.84 bits per heavy atom. The van der Waals surface area contributed by atoms with Crippen LogP contribution in [0.1, 0.15) is 24.8 Å². The van der Waals surface area contributed by atoms with Gasteiger partial charge in [0.05, 0.1) is 6.67 Å². The average Bonchev–Trinajstić information content (AvgIpc) is 3.15. The lowest BCUT2D eigenvalue weighted by molar-refractivity contribution is -0.125. The fraction of sp³-hybridized carbons (Fsp3) is 0.333. The Balaban J connectivity index is 1.16. The van der Waals surface area contributed by atoms with Crippen molar-refractivity contribution in [1.82, 2.24) is 15.2 Å². The maximum atomic E-state index is 13.0. The summed E-state index contributed by atoms with van der Waals surface area (Å²) in [7, 11) is 1.71. The first-order valence-electron chi connectivity index (χ1n) is 13.0. The van der Waals surface area contributed by atoms with Crippen molar-refractivity contribution in [2.75, 3.05) is 38.3 Å². The van der Waals surface area contributed by atoms with Crippen molar-refractivity contribution in [2.24, 2.45) is 0 Å². The Bertz CT molecular complexity index is 1290. The normalized spacial score (nSPS) is 23.6. The first-order valence-corrected chi connectivity index (χ1v) is 13.0. The highest BCUT2D eigenvalue weighted by Crippen LogP contribution is 2.38. The summed E-state index contributed by atoms with van der Waals surface area (Å²) < 4.78 is 11.9. The van der Waals surface area contributed by atoms with Crippen LogP contribution in [0, 0.1) is 0 Å². The lowest BCUT2D eigenvalue weighted by atomic mass is 9.85. The number of nitrogens with one attached hydrogen (secondary N) is 1. The SMILES string of the molecule is COC1C=CC=C2Oc3ncccc3C(=CCCN3CCC4(CC3)C(=O)NCN4c3ccccc3)C=C21. The topological polar surface area (TPSA) is 66.9 Å². The van der Waals surface area contributed by atoms with Gasteiger partial charge in [0.2, 0.25) is 11.8 Å². The third kappa shape index (κ3) is 4.38. The molecule has 1 amide bonds. The molecule has 0 saturated carbocycles. The second kappa shape index (κ2) is 10.00. The van der Waals surface area contributed by atoms with Crippen molar-refractivity contribution in [3.8, 4) is 5.88 Å². The van der Waals surface area contributed by atoms with Gasteiger partial charge in [-0.15, -0.1) is 0 Å². The van der Waals surface area contributed by atoms with E-state index in [-0.39, 0.29) is 12.0 Å². The van der Waals surface area contributed by atoms with E-state index < -0.39 is 5.54 Å². The maximum absolute atomic E-state index is 13.0. The highest BCUT2D eigenvalue weighted by molar-refractivity contribution is 5.93. The summed E-state index contributed by atoms with van der Waals surface area (Å²) in [6, 6.07) is 14.3. The molecule has 2 fully saturated rings. The largest absolute Gasteiger partial charge is 0.438 e. The number of pyridine rings is 1. The summed E-state index contributed by atoms with van der Waals surface area (Å²) in [4.78, 5) is 22.2. The van der Waals surface area contributed by atoms with Crippen LogP contribution in [0.25, 0.3) is 5.57 Å². The van der Waals surface area contributed by atoms with Crippen LogP contribution in [0.2, 0.25) is 0 Å². The van der Waals surface area contributed by atoms with E-state index in [1.54, 1.807) is 13.3 Å². The van der Waals surface area contributed by atoms with E-state index in [4.69, 9.17) is 9.47 Å². The lowest BCUT2D eigenvalue weighted by Crippen LogP contribution is -2.56. The van der Waals surface area contributed by atoms with E-state index in [0.717, 1.165) is 67.1 Å². The fourth-order valence-corrected chi connectivity index (χ4v) is 5.83. The molecule has 7 nitrogen and oxygen atoms in total. The molecule has 0 radical (unpaired) electrons. The third-order valence-corrected chi connectivity index (χ3v) is 7.88. The number of rotatable bonds is 5. The zero-order valence-corrected chi connectivity index (χ0v) is 21.1. The number of ether oxygens (including phenoxy) is 2. The molecule has 7 heteroatoms. The Kier molecular flexibility index (Phi) is 6.40. The van der Waals surface area contributed by atoms with E-state index in [0.29, 0.717) is 12.5 Å². The van der Waals surface area contributed by atoms with Gasteiger partial charge in [0.15, 0.2) is 0 Å². The molecular formula is C30H32N4O3. The van der Waals surface area contributed by atoms with Gasteiger partial charge in [-0.2, -0.15) is 0 Å². The summed E-state index contributed by atoms with van der Waals surface area (Å²) in [6.07, 6.45) is 14.5. The first kappa shape index (κ1) is 23.7. The molecule has 3 aliphatic heterocycles. The van der Waals surface area contributed by atoms with E-state index in [2.05, 4.69) is 50.5 Å². The number of fused-ring (bicyclic) bond motifs is 2. The average molecular weight is 497 g/mol. The number of hydrogen-bond acceptors (Lipinski definition) is 6. The van der Waals surface area contributed by atoms with Crippen LogP contribution in [0.5, 0.6) is 5.88 Å². The standard InChI is InChI=1S/C30H32N4O3/c1-36-26-12-5-13-27-25(26)20-22(24-11-6-16-31-28(24)37-27)8-7-17-33-18-14-30(15-19-33)29(35)32-21-34(30)23-9-3-2-4-10-23/h2-6,8-13,16,20,26H,7,14-15,17-19,21H2,1H3,(H,32,35). The monoisotopic (exact) mass is 496 g/mol. The minimum absolute atomic E-state index is 0.152. The predicted octanol–water partition coefficient (Wildman–Crippen LogP) is 4.07. The van der Waals surface area contributed by atoms with Crippen LogP contribution in [0.4, 0.5) is 5.69 Å². The molecular weight excluding hydrogens is 464 g/mol. The molecule has 37 heavy (non-hydrogen) atoms. The summed E-state index contributed by atoms with van der Waals surface area (Å²) in [6.45, 7) is 3.30. The number of methoxy groups -OCH3 is 1. The van der Waals surface area contributed by atoms with E-state index in [9.17, 15) is 4.79 Å². The number of benzene rings is 1. The highest BCUT2D eigenvalue weighted by Gasteiger charge is 2.50. The number of likely N-dealkylation sites (tertiary alicyclic amines) is 1. The Labute approximate surface area is 217 Å². The minimum atomic E-state index is -0.448. The summed E-state index contributed by atoms with van der Waals surface area (Å²) in [5, 5.41) is 3.09. The zero-order valence-electron chi connectivity index (χ0n) is 21.1. The number of nitrogens with zero attached hydrogens (tertiary/aromatic N) is 3. The molecule has 190 valence electrons. The fourth-order valence-electron chi connectivity index (χ4n) is 5.83. The molecule has 4 heterocycles. The number of anilines is 1. The molecule has 2 aromatic rings. The van der Waals surface area contributed by atoms with Gasteiger partial charge < -0.3 is 24.6 Å². The van der Waals surface area contributed by atoms with Crippen molar-refractivity contribution < 1.29 is 14.3 Å². The van der Waals surface area contributed by atoms with Gasteiger partial charge in [-0.25, -0.2) is 4.98 Å². The lowest BCUT2D eigenvalue weighted by Gasteiger charge is -2.43. The molecule has 1 spiro atoms. The van der Waals surface area contributed by atoms with Crippen molar-refractivity contribution in [1.29, 1.82) is 0 Å². The maximum Gasteiger partial charge on any atom is 0.247 e. The molecule has 1 N–H and O–H groups in total. The summed E-state index contributed by atoms with van der Waals surface area (Å²) in [5.74, 6) is 1.55. The molecule has 1 aromatic heterocycles. The van der Waals surface area contributed by atoms with Crippen LogP contribution in [-0.4, -0.2) is 60.8 Å². The van der Waals surface area contributed by atoms with E-state index in [1.165, 1.54) is 0 Å². The van der Waals surface area contributed by atoms with Crippen LogP contribution < -0.4 is 15.0 Å². The number of para-hydroxylation sites is 1. The van der Waals surface area contributed by atoms with Crippen LogP contribution in [0.15, 0.2) is 90.4 Å². The van der Waals surface area contributed by atoms with Crippen molar-refractivity contribution in [3.63, 3.8) is 0 Å². The summed E-state index contributed by atoms with van der Waals surface area (Å²) in [5.41, 5.74) is 3.74. The Morgan fingerprint density at radius 1 is 1.19 bits per heavy atom.